The molecule has 3 N–H and O–H groups in total. The molecule has 1 aromatic carbocycles. The highest BCUT2D eigenvalue weighted by molar-refractivity contribution is 9.10. The van der Waals surface area contributed by atoms with Crippen molar-refractivity contribution in [2.45, 2.75) is 19.4 Å². The summed E-state index contributed by atoms with van der Waals surface area (Å²) in [6.45, 7) is 3.61. The Kier molecular flexibility index (Phi) is 2.89. The Morgan fingerprint density at radius 1 is 1.53 bits per heavy atom. The number of aliphatic hydroxyl groups is 1. The molecule has 0 aromatic heterocycles. The molecule has 0 amide bonds. The predicted octanol–water partition coefficient (Wildman–Crippen LogP) is 1.91. The summed E-state index contributed by atoms with van der Waals surface area (Å²) in [5.74, 6) is 0. The standard InChI is InChI=1S/C11H15BrN2O/c1-7-4-11(9(12)5-10(7)13)14-3-2-8(15)6-14/h4-5,8,15H,2-3,6,13H2,1H3. The van der Waals surface area contributed by atoms with Crippen LogP contribution in [0.5, 0.6) is 0 Å². The molecule has 1 fully saturated rings. The summed E-state index contributed by atoms with van der Waals surface area (Å²) in [5.41, 5.74) is 8.82. The predicted molar refractivity (Wildman–Crippen MR) is 66.1 cm³/mol. The number of aryl methyl sites for hydroxylation is 1. The lowest BCUT2D eigenvalue weighted by Crippen LogP contribution is -2.21. The fourth-order valence-corrected chi connectivity index (χ4v) is 2.50. The molecular formula is C11H15BrN2O. The number of hydrogen-bond donors (Lipinski definition) is 2. The van der Waals surface area contributed by atoms with Crippen LogP contribution >= 0.6 is 15.9 Å². The summed E-state index contributed by atoms with van der Waals surface area (Å²) in [7, 11) is 0. The third-order valence-corrected chi connectivity index (χ3v) is 3.47. The Morgan fingerprint density at radius 2 is 2.27 bits per heavy atom. The molecule has 1 saturated heterocycles. The topological polar surface area (TPSA) is 49.5 Å². The van der Waals surface area contributed by atoms with Crippen LogP contribution in [0.4, 0.5) is 11.4 Å². The first-order valence-corrected chi connectivity index (χ1v) is 5.86. The number of nitrogens with two attached hydrogens (primary N) is 1. The molecule has 0 aliphatic carbocycles. The molecule has 0 radical (unpaired) electrons. The van der Waals surface area contributed by atoms with Crippen LogP contribution in [0.1, 0.15) is 12.0 Å². The largest absolute Gasteiger partial charge is 0.398 e. The average molecular weight is 271 g/mol. The van der Waals surface area contributed by atoms with Crippen LogP contribution < -0.4 is 10.6 Å². The van der Waals surface area contributed by atoms with E-state index in [0.29, 0.717) is 6.54 Å². The SMILES string of the molecule is Cc1cc(N2CCC(O)C2)c(Br)cc1N. The van der Waals surface area contributed by atoms with E-state index >= 15 is 0 Å². The van der Waals surface area contributed by atoms with Crippen LogP contribution in [0, 0.1) is 6.92 Å². The van der Waals surface area contributed by atoms with Gasteiger partial charge >= 0.3 is 0 Å². The van der Waals surface area contributed by atoms with Gasteiger partial charge in [-0.1, -0.05) is 0 Å². The minimum absolute atomic E-state index is 0.199. The van der Waals surface area contributed by atoms with Crippen molar-refractivity contribution in [3.05, 3.63) is 22.2 Å². The molecular weight excluding hydrogens is 256 g/mol. The molecule has 1 aliphatic rings. The highest BCUT2D eigenvalue weighted by Gasteiger charge is 2.22. The van der Waals surface area contributed by atoms with Gasteiger partial charge in [-0.15, -0.1) is 0 Å². The lowest BCUT2D eigenvalue weighted by Gasteiger charge is -2.20. The molecule has 4 heteroatoms. The van der Waals surface area contributed by atoms with Gasteiger partial charge in [0.2, 0.25) is 0 Å². The van der Waals surface area contributed by atoms with Gasteiger partial charge < -0.3 is 15.7 Å². The van der Waals surface area contributed by atoms with Gasteiger partial charge in [0.05, 0.1) is 11.8 Å². The molecule has 1 unspecified atom stereocenters. The third-order valence-electron chi connectivity index (χ3n) is 2.84. The molecule has 82 valence electrons. The van der Waals surface area contributed by atoms with Gasteiger partial charge in [0.25, 0.3) is 0 Å². The second-order valence-corrected chi connectivity index (χ2v) is 4.90. The van der Waals surface area contributed by atoms with Gasteiger partial charge in [0.15, 0.2) is 0 Å². The Hall–Kier alpha value is -0.740. The van der Waals surface area contributed by atoms with E-state index in [0.717, 1.165) is 34.4 Å². The number of aliphatic hydroxyl groups excluding tert-OH is 1. The van der Waals surface area contributed by atoms with Crippen molar-refractivity contribution in [3.63, 3.8) is 0 Å². The van der Waals surface area contributed by atoms with Crippen LogP contribution in [-0.4, -0.2) is 24.3 Å². The highest BCUT2D eigenvalue weighted by Crippen LogP contribution is 2.32. The summed E-state index contributed by atoms with van der Waals surface area (Å²) >= 11 is 3.51. The lowest BCUT2D eigenvalue weighted by molar-refractivity contribution is 0.198. The van der Waals surface area contributed by atoms with Gasteiger partial charge in [-0.3, -0.25) is 0 Å². The van der Waals surface area contributed by atoms with Crippen LogP contribution in [0.25, 0.3) is 0 Å². The Labute approximate surface area is 98.0 Å². The summed E-state index contributed by atoms with van der Waals surface area (Å²) in [6.07, 6.45) is 0.644. The van der Waals surface area contributed by atoms with E-state index in [9.17, 15) is 5.11 Å². The van der Waals surface area contributed by atoms with Crippen molar-refractivity contribution in [2.75, 3.05) is 23.7 Å². The Bertz CT molecular complexity index is 381. The Morgan fingerprint density at radius 3 is 2.87 bits per heavy atom. The smallest absolute Gasteiger partial charge is 0.0731 e. The molecule has 2 rings (SSSR count). The van der Waals surface area contributed by atoms with E-state index in [1.807, 2.05) is 13.0 Å². The number of β-amino-alcohol motifs (C(OH)–C–C–N with tert-alkyl or cyclic N) is 1. The van der Waals surface area contributed by atoms with E-state index in [-0.39, 0.29) is 6.10 Å². The first-order chi connectivity index (χ1) is 7.08. The van der Waals surface area contributed by atoms with Crippen molar-refractivity contribution < 1.29 is 5.11 Å². The molecule has 1 aromatic rings. The van der Waals surface area contributed by atoms with Gasteiger partial charge in [0.1, 0.15) is 0 Å². The van der Waals surface area contributed by atoms with Gasteiger partial charge in [-0.05, 0) is 47.0 Å². The normalized spacial score (nSPS) is 21.0. The number of hydrogen-bond acceptors (Lipinski definition) is 3. The first-order valence-electron chi connectivity index (χ1n) is 5.06. The summed E-state index contributed by atoms with van der Waals surface area (Å²) < 4.78 is 1.000. The van der Waals surface area contributed by atoms with Crippen molar-refractivity contribution in [1.82, 2.24) is 0 Å². The molecule has 15 heavy (non-hydrogen) atoms. The number of nitrogens with zero attached hydrogens (tertiary/aromatic N) is 1. The Balaban J connectivity index is 2.32. The molecule has 3 nitrogen and oxygen atoms in total. The van der Waals surface area contributed by atoms with E-state index in [4.69, 9.17) is 5.73 Å². The summed E-state index contributed by atoms with van der Waals surface area (Å²) in [4.78, 5) is 2.18. The molecule has 0 saturated carbocycles. The maximum Gasteiger partial charge on any atom is 0.0731 e. The minimum Gasteiger partial charge on any atom is -0.398 e. The van der Waals surface area contributed by atoms with Crippen molar-refractivity contribution in [2.24, 2.45) is 0 Å². The van der Waals surface area contributed by atoms with Crippen molar-refractivity contribution in [3.8, 4) is 0 Å². The first kappa shape index (κ1) is 10.8. The lowest BCUT2D eigenvalue weighted by atomic mass is 10.1. The zero-order chi connectivity index (χ0) is 11.0. The fourth-order valence-electron chi connectivity index (χ4n) is 1.88. The van der Waals surface area contributed by atoms with Crippen molar-refractivity contribution >= 4 is 27.3 Å². The van der Waals surface area contributed by atoms with Gasteiger partial charge in [-0.2, -0.15) is 0 Å². The van der Waals surface area contributed by atoms with Gasteiger partial charge in [0, 0.05) is 23.2 Å². The molecule has 1 heterocycles. The highest BCUT2D eigenvalue weighted by atomic mass is 79.9. The van der Waals surface area contributed by atoms with E-state index in [2.05, 4.69) is 26.9 Å². The van der Waals surface area contributed by atoms with Crippen LogP contribution in [0.3, 0.4) is 0 Å². The monoisotopic (exact) mass is 270 g/mol. The number of rotatable bonds is 1. The van der Waals surface area contributed by atoms with E-state index < -0.39 is 0 Å². The quantitative estimate of drug-likeness (QED) is 0.767. The second kappa shape index (κ2) is 4.02. The molecule has 0 bridgehead atoms. The van der Waals surface area contributed by atoms with Gasteiger partial charge in [-0.25, -0.2) is 0 Å². The average Bonchev–Trinajstić information content (AvgIpc) is 2.58. The van der Waals surface area contributed by atoms with Crippen molar-refractivity contribution in [1.29, 1.82) is 0 Å². The zero-order valence-corrected chi connectivity index (χ0v) is 10.3. The van der Waals surface area contributed by atoms with E-state index in [1.165, 1.54) is 0 Å². The maximum atomic E-state index is 9.49. The second-order valence-electron chi connectivity index (χ2n) is 4.05. The number of benzene rings is 1. The number of nitrogen functional groups attached to an aromatic ring is 1. The third kappa shape index (κ3) is 2.11. The van der Waals surface area contributed by atoms with Crippen LogP contribution in [0.2, 0.25) is 0 Å². The fraction of sp³-hybridized carbons (Fsp3) is 0.455. The summed E-state index contributed by atoms with van der Waals surface area (Å²) in [5, 5.41) is 9.49. The minimum atomic E-state index is -0.199. The molecule has 1 aliphatic heterocycles. The molecule has 0 spiro atoms. The van der Waals surface area contributed by atoms with Crippen LogP contribution in [0.15, 0.2) is 16.6 Å². The summed E-state index contributed by atoms with van der Waals surface area (Å²) in [6, 6.07) is 3.99. The van der Waals surface area contributed by atoms with Crippen LogP contribution in [-0.2, 0) is 0 Å². The molecule has 1 atom stereocenters. The van der Waals surface area contributed by atoms with E-state index in [1.54, 1.807) is 0 Å². The maximum absolute atomic E-state index is 9.49. The number of anilines is 2. The zero-order valence-electron chi connectivity index (χ0n) is 8.70. The number of halogens is 1.